The fourth-order valence-electron chi connectivity index (χ4n) is 2.59. The van der Waals surface area contributed by atoms with Crippen LogP contribution < -0.4 is 0 Å². The van der Waals surface area contributed by atoms with Crippen molar-refractivity contribution >= 4 is 18.8 Å². The first kappa shape index (κ1) is 12.5. The van der Waals surface area contributed by atoms with Crippen LogP contribution in [-0.2, 0) is 14.4 Å². The Labute approximate surface area is 109 Å². The molecule has 0 spiro atoms. The summed E-state index contributed by atoms with van der Waals surface area (Å²) < 4.78 is 32.5. The standard InChI is InChI=1S/C12H16NO3PS/c14-18(15,10-5-2-1-3-6-10)9-12-11-7-4-8-13(11)17-16-12/h1-3,5-6,11-12,17H,4,7-9H2/t11-,12+/m0/s1. The molecule has 1 aromatic carbocycles. The molecule has 2 aliphatic rings. The third-order valence-electron chi connectivity index (χ3n) is 3.54. The van der Waals surface area contributed by atoms with Crippen molar-refractivity contribution in [2.24, 2.45) is 0 Å². The van der Waals surface area contributed by atoms with Gasteiger partial charge in [-0.2, -0.15) is 0 Å². The molecule has 1 aromatic rings. The largest absolute Gasteiger partial charge is 0.340 e. The lowest BCUT2D eigenvalue weighted by Crippen LogP contribution is -2.33. The number of nitrogens with zero attached hydrogens (tertiary/aromatic N) is 1. The van der Waals surface area contributed by atoms with Crippen molar-refractivity contribution in [1.29, 1.82) is 0 Å². The van der Waals surface area contributed by atoms with Gasteiger partial charge in [-0.05, 0) is 25.0 Å². The molecule has 1 unspecified atom stereocenters. The van der Waals surface area contributed by atoms with Crippen molar-refractivity contribution in [1.82, 2.24) is 4.67 Å². The Hall–Kier alpha value is -0.480. The first-order chi connectivity index (χ1) is 8.67. The van der Waals surface area contributed by atoms with E-state index in [9.17, 15) is 8.42 Å². The average Bonchev–Trinajstić information content (AvgIpc) is 2.95. The van der Waals surface area contributed by atoms with Crippen molar-refractivity contribution in [3.05, 3.63) is 30.3 Å². The van der Waals surface area contributed by atoms with Crippen LogP contribution >= 0.6 is 8.96 Å². The Kier molecular flexibility index (Phi) is 3.41. The van der Waals surface area contributed by atoms with Gasteiger partial charge in [0.1, 0.15) is 0 Å². The number of benzene rings is 1. The van der Waals surface area contributed by atoms with Crippen molar-refractivity contribution in [3.63, 3.8) is 0 Å². The Morgan fingerprint density at radius 3 is 2.89 bits per heavy atom. The van der Waals surface area contributed by atoms with Crippen LogP contribution in [0.2, 0.25) is 0 Å². The number of rotatable bonds is 3. The van der Waals surface area contributed by atoms with E-state index in [0.29, 0.717) is 19.9 Å². The fourth-order valence-corrected chi connectivity index (χ4v) is 5.39. The summed E-state index contributed by atoms with van der Waals surface area (Å²) >= 11 is 0. The topological polar surface area (TPSA) is 46.6 Å². The van der Waals surface area contributed by atoms with E-state index < -0.39 is 9.84 Å². The van der Waals surface area contributed by atoms with E-state index >= 15 is 0 Å². The van der Waals surface area contributed by atoms with Gasteiger partial charge in [0.25, 0.3) is 0 Å². The molecule has 0 radical (unpaired) electrons. The molecule has 0 amide bonds. The minimum Gasteiger partial charge on any atom is -0.340 e. The molecule has 0 saturated carbocycles. The molecule has 0 bridgehead atoms. The highest BCUT2D eigenvalue weighted by atomic mass is 32.2. The number of hydrogen-bond donors (Lipinski definition) is 0. The predicted molar refractivity (Wildman–Crippen MR) is 71.4 cm³/mol. The fraction of sp³-hybridized carbons (Fsp3) is 0.500. The average molecular weight is 285 g/mol. The van der Waals surface area contributed by atoms with Gasteiger partial charge in [0.05, 0.1) is 25.7 Å². The van der Waals surface area contributed by atoms with Gasteiger partial charge in [-0.15, -0.1) is 0 Å². The molecule has 18 heavy (non-hydrogen) atoms. The Morgan fingerprint density at radius 2 is 2.11 bits per heavy atom. The maximum absolute atomic E-state index is 12.3. The van der Waals surface area contributed by atoms with Gasteiger partial charge in [-0.1, -0.05) is 18.2 Å². The molecule has 2 fully saturated rings. The molecule has 6 heteroatoms. The zero-order valence-electron chi connectivity index (χ0n) is 9.95. The summed E-state index contributed by atoms with van der Waals surface area (Å²) in [6.45, 7) is 1.05. The normalized spacial score (nSPS) is 29.8. The third kappa shape index (κ3) is 2.32. The Morgan fingerprint density at radius 1 is 1.33 bits per heavy atom. The van der Waals surface area contributed by atoms with Gasteiger partial charge in [0.2, 0.25) is 0 Å². The van der Waals surface area contributed by atoms with Crippen LogP contribution in [0, 0.1) is 0 Å². The van der Waals surface area contributed by atoms with E-state index in [1.807, 2.05) is 6.07 Å². The molecule has 2 saturated heterocycles. The third-order valence-corrected chi connectivity index (χ3v) is 6.49. The van der Waals surface area contributed by atoms with E-state index in [4.69, 9.17) is 4.52 Å². The molecule has 0 aliphatic carbocycles. The van der Waals surface area contributed by atoms with E-state index in [2.05, 4.69) is 4.67 Å². The summed E-state index contributed by atoms with van der Waals surface area (Å²) in [5, 5.41) is 0. The molecular weight excluding hydrogens is 269 g/mol. The van der Waals surface area contributed by atoms with Crippen LogP contribution in [0.5, 0.6) is 0 Å². The molecule has 3 rings (SSSR count). The van der Waals surface area contributed by atoms with Crippen LogP contribution in [0.25, 0.3) is 0 Å². The molecule has 2 heterocycles. The predicted octanol–water partition coefficient (Wildman–Crippen LogP) is 1.83. The lowest BCUT2D eigenvalue weighted by atomic mass is 10.1. The smallest absolute Gasteiger partial charge is 0.180 e. The maximum atomic E-state index is 12.3. The summed E-state index contributed by atoms with van der Waals surface area (Å²) in [6, 6.07) is 8.95. The molecule has 0 aromatic heterocycles. The van der Waals surface area contributed by atoms with Gasteiger partial charge in [-0.25, -0.2) is 8.42 Å². The highest BCUT2D eigenvalue weighted by Gasteiger charge is 2.41. The van der Waals surface area contributed by atoms with Gasteiger partial charge in [0.15, 0.2) is 9.84 Å². The highest BCUT2D eigenvalue weighted by molar-refractivity contribution is 7.91. The molecular formula is C12H16NO3PS. The van der Waals surface area contributed by atoms with Crippen molar-refractivity contribution in [2.45, 2.75) is 29.9 Å². The molecule has 2 aliphatic heterocycles. The lowest BCUT2D eigenvalue weighted by molar-refractivity contribution is 0.236. The zero-order chi connectivity index (χ0) is 12.6. The molecule has 3 atom stereocenters. The number of sulfone groups is 1. The van der Waals surface area contributed by atoms with E-state index in [0.717, 1.165) is 19.4 Å². The second kappa shape index (κ2) is 4.89. The van der Waals surface area contributed by atoms with Gasteiger partial charge in [0, 0.05) is 12.6 Å². The zero-order valence-corrected chi connectivity index (χ0v) is 11.8. The van der Waals surface area contributed by atoms with E-state index in [1.165, 1.54) is 0 Å². The van der Waals surface area contributed by atoms with E-state index in [-0.39, 0.29) is 11.9 Å². The van der Waals surface area contributed by atoms with E-state index in [1.54, 1.807) is 24.3 Å². The number of fused-ring (bicyclic) bond motifs is 1. The molecule has 0 N–H and O–H groups in total. The van der Waals surface area contributed by atoms with Gasteiger partial charge < -0.3 is 4.52 Å². The first-order valence-corrected chi connectivity index (χ1v) is 8.63. The molecule has 4 nitrogen and oxygen atoms in total. The lowest BCUT2D eigenvalue weighted by Gasteiger charge is -2.17. The van der Waals surface area contributed by atoms with Crippen LogP contribution in [0.1, 0.15) is 12.8 Å². The minimum absolute atomic E-state index is 0.102. The number of hydrogen-bond acceptors (Lipinski definition) is 4. The van der Waals surface area contributed by atoms with Crippen molar-refractivity contribution < 1.29 is 12.9 Å². The summed E-state index contributed by atoms with van der Waals surface area (Å²) in [5.41, 5.74) is 0. The monoisotopic (exact) mass is 285 g/mol. The highest BCUT2D eigenvalue weighted by Crippen LogP contribution is 2.42. The minimum atomic E-state index is -3.23. The second-order valence-electron chi connectivity index (χ2n) is 4.75. The quantitative estimate of drug-likeness (QED) is 0.795. The first-order valence-electron chi connectivity index (χ1n) is 6.12. The van der Waals surface area contributed by atoms with Gasteiger partial charge in [-0.3, -0.25) is 4.67 Å². The van der Waals surface area contributed by atoms with Crippen LogP contribution in [0.4, 0.5) is 0 Å². The molecule has 98 valence electrons. The van der Waals surface area contributed by atoms with Crippen LogP contribution in [0.15, 0.2) is 35.2 Å². The van der Waals surface area contributed by atoms with Crippen LogP contribution in [0.3, 0.4) is 0 Å². The summed E-state index contributed by atoms with van der Waals surface area (Å²) in [6.07, 6.45) is 2.06. The van der Waals surface area contributed by atoms with Crippen molar-refractivity contribution in [2.75, 3.05) is 12.3 Å². The van der Waals surface area contributed by atoms with Gasteiger partial charge >= 0.3 is 0 Å². The summed E-state index contributed by atoms with van der Waals surface area (Å²) in [4.78, 5) is 0.397. The SMILES string of the molecule is O=S(=O)(C[C@H]1OPN2CCC[C@@H]12)c1ccccc1. The van der Waals surface area contributed by atoms with Crippen molar-refractivity contribution in [3.8, 4) is 0 Å². The Balaban J connectivity index is 1.77. The summed E-state index contributed by atoms with van der Waals surface area (Å²) in [5.74, 6) is 0.102. The maximum Gasteiger partial charge on any atom is 0.180 e. The second-order valence-corrected chi connectivity index (χ2v) is 7.77. The van der Waals surface area contributed by atoms with Crippen LogP contribution in [-0.4, -0.2) is 37.5 Å². The summed E-state index contributed by atoms with van der Waals surface area (Å²) in [7, 11) is -2.89. The Bertz CT molecular complexity index is 519.